The van der Waals surface area contributed by atoms with Crippen LogP contribution in [0.4, 0.5) is 0 Å². The lowest BCUT2D eigenvalue weighted by Gasteiger charge is -2.37. The third kappa shape index (κ3) is 4.04. The van der Waals surface area contributed by atoms with Crippen LogP contribution in [0.3, 0.4) is 0 Å². The molecule has 3 aliphatic heterocycles. The normalized spacial score (nSPS) is 27.7. The summed E-state index contributed by atoms with van der Waals surface area (Å²) in [5.41, 5.74) is 0.374. The predicted molar refractivity (Wildman–Crippen MR) is 109 cm³/mol. The van der Waals surface area contributed by atoms with E-state index in [0.717, 1.165) is 37.0 Å². The molecule has 1 unspecified atom stereocenters. The third-order valence-electron chi connectivity index (χ3n) is 6.73. The fourth-order valence-electron chi connectivity index (χ4n) is 4.28. The van der Waals surface area contributed by atoms with E-state index in [1.165, 1.54) is 32.5 Å². The van der Waals surface area contributed by atoms with Crippen molar-refractivity contribution in [2.75, 3.05) is 39.3 Å². The van der Waals surface area contributed by atoms with Gasteiger partial charge in [-0.15, -0.1) is 0 Å². The van der Waals surface area contributed by atoms with Gasteiger partial charge in [-0.25, -0.2) is 0 Å². The van der Waals surface area contributed by atoms with Gasteiger partial charge in [0.1, 0.15) is 12.4 Å². The van der Waals surface area contributed by atoms with Gasteiger partial charge in [-0.05, 0) is 64.7 Å². The van der Waals surface area contributed by atoms with Crippen LogP contribution < -0.4 is 10.2 Å². The van der Waals surface area contributed by atoms with E-state index in [4.69, 9.17) is 14.0 Å². The third-order valence-corrected chi connectivity index (χ3v) is 6.73. The molecule has 3 saturated heterocycles. The van der Waals surface area contributed by atoms with E-state index >= 15 is 0 Å². The minimum absolute atomic E-state index is 0.323. The van der Waals surface area contributed by atoms with Gasteiger partial charge in [0.15, 0.2) is 0 Å². The lowest BCUT2D eigenvalue weighted by Crippen LogP contribution is -2.50. The number of hydrogen-bond donors (Lipinski definition) is 0. The second-order valence-corrected chi connectivity index (χ2v) is 9.14. The first-order valence-corrected chi connectivity index (χ1v) is 10.4. The second kappa shape index (κ2) is 7.39. The molecule has 6 heteroatoms. The Morgan fingerprint density at radius 1 is 1.11 bits per heavy atom. The minimum Gasteiger partial charge on any atom is -0.492 e. The number of rotatable bonds is 5. The van der Waals surface area contributed by atoms with Crippen LogP contribution in [0, 0.1) is 0 Å². The first kappa shape index (κ1) is 19.3. The van der Waals surface area contributed by atoms with Crippen molar-refractivity contribution < 1.29 is 14.0 Å². The maximum atomic E-state index is 6.15. The molecule has 27 heavy (non-hydrogen) atoms. The molecule has 0 amide bonds. The van der Waals surface area contributed by atoms with Crippen LogP contribution in [0.25, 0.3) is 0 Å². The van der Waals surface area contributed by atoms with Crippen LogP contribution in [0.15, 0.2) is 24.3 Å². The Hall–Kier alpha value is -1.08. The van der Waals surface area contributed by atoms with Gasteiger partial charge in [0, 0.05) is 32.2 Å². The summed E-state index contributed by atoms with van der Waals surface area (Å²) >= 11 is 0. The Balaban J connectivity index is 1.30. The van der Waals surface area contributed by atoms with Gasteiger partial charge in [-0.2, -0.15) is 0 Å². The molecule has 0 N–H and O–H groups in total. The van der Waals surface area contributed by atoms with Gasteiger partial charge in [0.2, 0.25) is 0 Å². The zero-order valence-electron chi connectivity index (χ0n) is 17.2. The molecule has 0 spiro atoms. The summed E-state index contributed by atoms with van der Waals surface area (Å²) in [4.78, 5) is 5.19. The number of fused-ring (bicyclic) bond motifs is 1. The summed E-state index contributed by atoms with van der Waals surface area (Å²) in [7, 11) is -0.339. The Morgan fingerprint density at radius 2 is 1.89 bits per heavy atom. The fraction of sp³-hybridized carbons (Fsp3) is 0.714. The number of piperazine rings is 1. The minimum atomic E-state index is -0.339. The van der Waals surface area contributed by atoms with Crippen molar-refractivity contribution in [3.63, 3.8) is 0 Å². The van der Waals surface area contributed by atoms with Gasteiger partial charge < -0.3 is 14.0 Å². The Labute approximate surface area is 164 Å². The molecule has 3 fully saturated rings. The largest absolute Gasteiger partial charge is 0.494 e. The lowest BCUT2D eigenvalue weighted by molar-refractivity contribution is 0.00578. The standard InChI is InChI=1S/C21H33BN2O3/c1-20(2)21(3,4)27-22(26-20)17-7-5-9-19(15-17)25-14-13-23-11-12-24-10-6-8-18(24)16-23/h5,7,9,15,18H,6,8,10-14,16H2,1-4H3. The molecule has 3 heterocycles. The topological polar surface area (TPSA) is 34.2 Å². The molecule has 0 aromatic heterocycles. The highest BCUT2D eigenvalue weighted by Gasteiger charge is 2.51. The van der Waals surface area contributed by atoms with Crippen LogP contribution in [-0.2, 0) is 9.31 Å². The van der Waals surface area contributed by atoms with E-state index in [0.29, 0.717) is 0 Å². The van der Waals surface area contributed by atoms with Gasteiger partial charge in [-0.1, -0.05) is 12.1 Å². The molecule has 0 saturated carbocycles. The Morgan fingerprint density at radius 3 is 2.67 bits per heavy atom. The van der Waals surface area contributed by atoms with Crippen LogP contribution in [-0.4, -0.2) is 73.5 Å². The number of benzene rings is 1. The summed E-state index contributed by atoms with van der Waals surface area (Å²) in [5.74, 6) is 0.890. The van der Waals surface area contributed by atoms with Crippen LogP contribution in [0.5, 0.6) is 5.75 Å². The molecule has 1 aromatic rings. The molecule has 4 rings (SSSR count). The second-order valence-electron chi connectivity index (χ2n) is 9.14. The van der Waals surface area contributed by atoms with Crippen molar-refractivity contribution in [3.8, 4) is 5.75 Å². The molecule has 1 aromatic carbocycles. The highest BCUT2D eigenvalue weighted by molar-refractivity contribution is 6.62. The Bertz CT molecular complexity index is 651. The quantitative estimate of drug-likeness (QED) is 0.740. The zero-order chi connectivity index (χ0) is 19.1. The highest BCUT2D eigenvalue weighted by atomic mass is 16.7. The van der Waals surface area contributed by atoms with Crippen LogP contribution in [0.2, 0.25) is 0 Å². The van der Waals surface area contributed by atoms with Crippen LogP contribution >= 0.6 is 0 Å². The lowest BCUT2D eigenvalue weighted by atomic mass is 9.79. The molecule has 5 nitrogen and oxygen atoms in total. The molecular weight excluding hydrogens is 339 g/mol. The van der Waals surface area contributed by atoms with Gasteiger partial charge in [0.25, 0.3) is 0 Å². The molecular formula is C21H33BN2O3. The predicted octanol–water partition coefficient (Wildman–Crippen LogP) is 2.14. The van der Waals surface area contributed by atoms with Crippen molar-refractivity contribution in [2.24, 2.45) is 0 Å². The smallest absolute Gasteiger partial charge is 0.492 e. The molecule has 0 bridgehead atoms. The summed E-state index contributed by atoms with van der Waals surface area (Å²) in [6.45, 7) is 14.9. The molecule has 0 aliphatic carbocycles. The van der Waals surface area contributed by atoms with E-state index in [9.17, 15) is 0 Å². The van der Waals surface area contributed by atoms with Crippen molar-refractivity contribution in [3.05, 3.63) is 24.3 Å². The van der Waals surface area contributed by atoms with Crippen molar-refractivity contribution >= 4 is 12.6 Å². The van der Waals surface area contributed by atoms with Crippen LogP contribution in [0.1, 0.15) is 40.5 Å². The SMILES string of the molecule is CC1(C)OB(c2cccc(OCCN3CCN4CCCC4C3)c2)OC1(C)C. The van der Waals surface area contributed by atoms with E-state index in [2.05, 4.69) is 43.6 Å². The maximum absolute atomic E-state index is 6.15. The van der Waals surface area contributed by atoms with E-state index in [-0.39, 0.29) is 18.3 Å². The average molecular weight is 372 g/mol. The fourth-order valence-corrected chi connectivity index (χ4v) is 4.28. The molecule has 0 radical (unpaired) electrons. The monoisotopic (exact) mass is 372 g/mol. The van der Waals surface area contributed by atoms with Gasteiger partial charge >= 0.3 is 7.12 Å². The van der Waals surface area contributed by atoms with E-state index in [1.54, 1.807) is 0 Å². The summed E-state index contributed by atoms with van der Waals surface area (Å²) in [5, 5.41) is 0. The van der Waals surface area contributed by atoms with Crippen molar-refractivity contribution in [1.29, 1.82) is 0 Å². The molecule has 3 aliphatic rings. The summed E-state index contributed by atoms with van der Waals surface area (Å²) < 4.78 is 18.4. The Kier molecular flexibility index (Phi) is 5.27. The van der Waals surface area contributed by atoms with E-state index < -0.39 is 0 Å². The first-order valence-electron chi connectivity index (χ1n) is 10.4. The van der Waals surface area contributed by atoms with Crippen molar-refractivity contribution in [2.45, 2.75) is 57.8 Å². The number of hydrogen-bond acceptors (Lipinski definition) is 5. The van der Waals surface area contributed by atoms with Gasteiger partial charge in [-0.3, -0.25) is 9.80 Å². The van der Waals surface area contributed by atoms with Gasteiger partial charge in [0.05, 0.1) is 11.2 Å². The highest BCUT2D eigenvalue weighted by Crippen LogP contribution is 2.36. The zero-order valence-corrected chi connectivity index (χ0v) is 17.2. The summed E-state index contributed by atoms with van der Waals surface area (Å²) in [6, 6.07) is 8.91. The number of nitrogens with zero attached hydrogens (tertiary/aromatic N) is 2. The average Bonchev–Trinajstić information content (AvgIpc) is 3.16. The number of ether oxygens (including phenoxy) is 1. The van der Waals surface area contributed by atoms with Crippen molar-refractivity contribution in [1.82, 2.24) is 9.80 Å². The summed E-state index contributed by atoms with van der Waals surface area (Å²) in [6.07, 6.45) is 2.72. The maximum Gasteiger partial charge on any atom is 0.494 e. The van der Waals surface area contributed by atoms with E-state index in [1.807, 2.05) is 18.2 Å². The first-order chi connectivity index (χ1) is 12.8. The molecule has 1 atom stereocenters. The molecule has 148 valence electrons.